The molecule has 0 aromatic heterocycles. The van der Waals surface area contributed by atoms with Crippen LogP contribution < -0.4 is 5.32 Å². The number of hydrogen-bond acceptors (Lipinski definition) is 6. The summed E-state index contributed by atoms with van der Waals surface area (Å²) in [6.45, 7) is 7.07. The lowest BCUT2D eigenvalue weighted by molar-refractivity contribution is -0.123. The van der Waals surface area contributed by atoms with Crippen LogP contribution in [0.25, 0.3) is 0 Å². The van der Waals surface area contributed by atoms with Gasteiger partial charge in [-0.2, -0.15) is 0 Å². The van der Waals surface area contributed by atoms with Gasteiger partial charge in [0.25, 0.3) is 11.8 Å². The number of carbonyl (C=O) groups is 4. The number of benzene rings is 1. The molecule has 1 aromatic rings. The molecule has 2 rings (SSSR count). The molecule has 0 atom stereocenters. The average Bonchev–Trinajstić information content (AvgIpc) is 3.00. The molecule has 25 heavy (non-hydrogen) atoms. The fraction of sp³-hybridized carbons (Fsp3) is 0.111. The van der Waals surface area contributed by atoms with Crippen molar-refractivity contribution in [1.82, 2.24) is 5.32 Å². The van der Waals surface area contributed by atoms with E-state index in [1.807, 2.05) is 5.32 Å². The largest absolute Gasteiger partial charge is 0.458 e. The molecule has 2 amide bonds. The number of rotatable bonds is 6. The topological polar surface area (TPSA) is 98.8 Å². The van der Waals surface area contributed by atoms with Crippen LogP contribution in [0.5, 0.6) is 0 Å². The molecule has 0 unspecified atom stereocenters. The summed E-state index contributed by atoms with van der Waals surface area (Å²) in [4.78, 5) is 43.5. The Morgan fingerprint density at radius 2 is 1.28 bits per heavy atom. The van der Waals surface area contributed by atoms with Crippen LogP contribution in [0.1, 0.15) is 20.7 Å². The van der Waals surface area contributed by atoms with Crippen LogP contribution in [0.4, 0.5) is 0 Å². The highest BCUT2D eigenvalue weighted by molar-refractivity contribution is 6.12. The lowest BCUT2D eigenvalue weighted by Crippen LogP contribution is -2.19. The Morgan fingerprint density at radius 3 is 1.56 bits per heavy atom. The van der Waals surface area contributed by atoms with Crippen LogP contribution in [0.15, 0.2) is 61.7 Å². The Kier molecular flexibility index (Phi) is 8.08. The Morgan fingerprint density at radius 1 is 0.880 bits per heavy atom. The molecule has 7 heteroatoms. The number of ether oxygens (including phenoxy) is 2. The average molecular weight is 343 g/mol. The second-order valence-electron chi connectivity index (χ2n) is 4.51. The highest BCUT2D eigenvalue weighted by atomic mass is 16.5. The lowest BCUT2D eigenvalue weighted by atomic mass is 10.1. The number of esters is 2. The standard InChI is InChI=1S/C14H14O4.C4H3NO2/c1-3-9-17-13(15)11-7-5-6-8-12(11)14(16)18-10-4-2;6-3-1-2-4(7)5-3/h3-8H,1-2,9-10H2;1-2H,(H,5,6,7). The lowest BCUT2D eigenvalue weighted by Gasteiger charge is -2.07. The molecule has 1 N–H and O–H groups in total. The van der Waals surface area contributed by atoms with Crippen LogP contribution in [-0.2, 0) is 19.1 Å². The van der Waals surface area contributed by atoms with E-state index in [9.17, 15) is 19.2 Å². The first kappa shape index (κ1) is 19.6. The summed E-state index contributed by atoms with van der Waals surface area (Å²) >= 11 is 0. The first-order valence-electron chi connectivity index (χ1n) is 7.17. The summed E-state index contributed by atoms with van der Waals surface area (Å²) in [6, 6.07) is 6.31. The number of carbonyl (C=O) groups excluding carboxylic acids is 4. The van der Waals surface area contributed by atoms with E-state index in [2.05, 4.69) is 13.2 Å². The van der Waals surface area contributed by atoms with Gasteiger partial charge >= 0.3 is 11.9 Å². The van der Waals surface area contributed by atoms with Gasteiger partial charge in [-0.1, -0.05) is 37.4 Å². The van der Waals surface area contributed by atoms with E-state index in [0.29, 0.717) is 0 Å². The van der Waals surface area contributed by atoms with E-state index in [0.717, 1.165) is 0 Å². The summed E-state index contributed by atoms with van der Waals surface area (Å²) in [5.41, 5.74) is 0.349. The van der Waals surface area contributed by atoms with Crippen molar-refractivity contribution >= 4 is 23.8 Å². The van der Waals surface area contributed by atoms with Crippen LogP contribution in [-0.4, -0.2) is 37.0 Å². The summed E-state index contributed by atoms with van der Waals surface area (Å²) in [7, 11) is 0. The molecule has 0 fully saturated rings. The van der Waals surface area contributed by atoms with Crippen molar-refractivity contribution in [2.45, 2.75) is 0 Å². The van der Waals surface area contributed by atoms with Gasteiger partial charge in [0.1, 0.15) is 13.2 Å². The molecule has 7 nitrogen and oxygen atoms in total. The number of amides is 2. The maximum Gasteiger partial charge on any atom is 0.339 e. The molecule has 0 radical (unpaired) electrons. The van der Waals surface area contributed by atoms with Crippen molar-refractivity contribution in [2.75, 3.05) is 13.2 Å². The van der Waals surface area contributed by atoms with E-state index in [4.69, 9.17) is 9.47 Å². The molecule has 0 saturated heterocycles. The van der Waals surface area contributed by atoms with Crippen molar-refractivity contribution in [2.24, 2.45) is 0 Å². The van der Waals surface area contributed by atoms with Crippen LogP contribution in [0, 0.1) is 0 Å². The first-order chi connectivity index (χ1) is 12.0. The zero-order valence-corrected chi connectivity index (χ0v) is 13.4. The highest BCUT2D eigenvalue weighted by Crippen LogP contribution is 2.12. The maximum absolute atomic E-state index is 11.7. The van der Waals surface area contributed by atoms with Gasteiger partial charge in [-0.25, -0.2) is 9.59 Å². The number of nitrogens with one attached hydrogen (secondary N) is 1. The zero-order valence-electron chi connectivity index (χ0n) is 13.4. The molecule has 1 heterocycles. The molecule has 0 saturated carbocycles. The summed E-state index contributed by atoms with van der Waals surface area (Å²) in [5.74, 6) is -1.82. The zero-order chi connectivity index (χ0) is 18.7. The van der Waals surface area contributed by atoms with Crippen LogP contribution in [0.3, 0.4) is 0 Å². The minimum atomic E-state index is -0.582. The van der Waals surface area contributed by atoms with Gasteiger partial charge in [0.15, 0.2) is 0 Å². The first-order valence-corrected chi connectivity index (χ1v) is 7.17. The highest BCUT2D eigenvalue weighted by Gasteiger charge is 2.18. The summed E-state index contributed by atoms with van der Waals surface area (Å²) in [6.07, 6.45) is 5.30. The Hall–Kier alpha value is -3.48. The molecule has 0 spiro atoms. The van der Waals surface area contributed by atoms with Gasteiger partial charge in [0, 0.05) is 12.2 Å². The van der Waals surface area contributed by atoms with Crippen molar-refractivity contribution in [3.63, 3.8) is 0 Å². The predicted octanol–water partition coefficient (Wildman–Crippen LogP) is 1.57. The van der Waals surface area contributed by atoms with Gasteiger partial charge in [-0.15, -0.1) is 0 Å². The van der Waals surface area contributed by atoms with E-state index >= 15 is 0 Å². The molecular formula is C18H17NO6. The Labute approximate surface area is 144 Å². The minimum Gasteiger partial charge on any atom is -0.458 e. The van der Waals surface area contributed by atoms with Gasteiger partial charge in [-0.3, -0.25) is 14.9 Å². The Bertz CT molecular complexity index is 661. The normalized spacial score (nSPS) is 11.7. The van der Waals surface area contributed by atoms with E-state index in [1.54, 1.807) is 12.1 Å². The summed E-state index contributed by atoms with van der Waals surface area (Å²) in [5, 5.41) is 2.03. The minimum absolute atomic E-state index is 0.0921. The summed E-state index contributed by atoms with van der Waals surface area (Å²) < 4.78 is 9.78. The van der Waals surface area contributed by atoms with Gasteiger partial charge < -0.3 is 9.47 Å². The fourth-order valence-electron chi connectivity index (χ4n) is 1.62. The number of imide groups is 1. The fourth-order valence-corrected chi connectivity index (χ4v) is 1.62. The van der Waals surface area contributed by atoms with Crippen LogP contribution in [0.2, 0.25) is 0 Å². The quantitative estimate of drug-likeness (QED) is 0.478. The predicted molar refractivity (Wildman–Crippen MR) is 89.7 cm³/mol. The molecule has 0 aliphatic carbocycles. The second-order valence-corrected chi connectivity index (χ2v) is 4.51. The molecule has 1 aliphatic heterocycles. The van der Waals surface area contributed by atoms with Crippen molar-refractivity contribution in [3.8, 4) is 0 Å². The third-order valence-electron chi connectivity index (χ3n) is 2.66. The van der Waals surface area contributed by atoms with Gasteiger partial charge in [0.2, 0.25) is 0 Å². The van der Waals surface area contributed by atoms with Crippen molar-refractivity contribution in [1.29, 1.82) is 0 Å². The second kappa shape index (κ2) is 10.3. The monoisotopic (exact) mass is 343 g/mol. The SMILES string of the molecule is C=CCOC(=O)c1ccccc1C(=O)OCC=C.O=C1C=CC(=O)N1. The van der Waals surface area contributed by atoms with Gasteiger partial charge in [-0.05, 0) is 12.1 Å². The molecular weight excluding hydrogens is 326 g/mol. The molecule has 130 valence electrons. The van der Waals surface area contributed by atoms with E-state index < -0.39 is 11.9 Å². The van der Waals surface area contributed by atoms with Crippen molar-refractivity contribution in [3.05, 3.63) is 72.9 Å². The van der Waals surface area contributed by atoms with E-state index in [1.165, 1.54) is 36.4 Å². The number of hydrogen-bond donors (Lipinski definition) is 1. The molecule has 1 aromatic carbocycles. The molecule has 0 bridgehead atoms. The third kappa shape index (κ3) is 6.66. The van der Waals surface area contributed by atoms with Gasteiger partial charge in [0.05, 0.1) is 11.1 Å². The van der Waals surface area contributed by atoms with Crippen molar-refractivity contribution < 1.29 is 28.7 Å². The van der Waals surface area contributed by atoms with E-state index in [-0.39, 0.29) is 36.2 Å². The Balaban J connectivity index is 0.000000370. The van der Waals surface area contributed by atoms with Crippen LogP contribution >= 0.6 is 0 Å². The maximum atomic E-state index is 11.7. The smallest absolute Gasteiger partial charge is 0.339 e. The third-order valence-corrected chi connectivity index (χ3v) is 2.66. The molecule has 1 aliphatic rings.